The predicted molar refractivity (Wildman–Crippen MR) is 81.1 cm³/mol. The van der Waals surface area contributed by atoms with E-state index in [4.69, 9.17) is 22.2 Å². The van der Waals surface area contributed by atoms with Crippen LogP contribution in [0, 0.1) is 5.82 Å². The molecule has 6 heteroatoms. The van der Waals surface area contributed by atoms with Crippen molar-refractivity contribution in [2.24, 2.45) is 5.84 Å². The topological polar surface area (TPSA) is 47.3 Å². The quantitative estimate of drug-likeness (QED) is 0.630. The molecule has 1 atom stereocenters. The molecule has 1 unspecified atom stereocenters. The summed E-state index contributed by atoms with van der Waals surface area (Å²) in [6, 6.07) is 11.5. The zero-order valence-corrected chi connectivity index (χ0v) is 12.8. The fraction of sp³-hybridized carbons (Fsp3) is 0.143. The van der Waals surface area contributed by atoms with Crippen LogP contribution in [0.3, 0.4) is 0 Å². The zero-order chi connectivity index (χ0) is 14.5. The van der Waals surface area contributed by atoms with Crippen molar-refractivity contribution in [1.29, 1.82) is 0 Å². The minimum atomic E-state index is -0.455. The van der Waals surface area contributed by atoms with Crippen LogP contribution in [-0.2, 0) is 0 Å². The number of benzene rings is 2. The van der Waals surface area contributed by atoms with Crippen LogP contribution in [0.4, 0.5) is 4.39 Å². The second-order valence-corrected chi connectivity index (χ2v) is 5.42. The number of rotatable bonds is 5. The number of nitrogens with two attached hydrogens (primary N) is 1. The average molecular weight is 360 g/mol. The van der Waals surface area contributed by atoms with E-state index in [1.54, 1.807) is 42.5 Å². The summed E-state index contributed by atoms with van der Waals surface area (Å²) in [5.41, 5.74) is 3.00. The Morgan fingerprint density at radius 3 is 2.60 bits per heavy atom. The molecule has 0 aliphatic rings. The lowest BCUT2D eigenvalue weighted by molar-refractivity contribution is 0.264. The van der Waals surface area contributed by atoms with Gasteiger partial charge in [-0.05, 0) is 46.3 Å². The molecule has 0 heterocycles. The molecule has 106 valence electrons. The summed E-state index contributed by atoms with van der Waals surface area (Å²) in [5.74, 6) is 5.77. The van der Waals surface area contributed by atoms with Gasteiger partial charge in [0.15, 0.2) is 0 Å². The summed E-state index contributed by atoms with van der Waals surface area (Å²) in [4.78, 5) is 0. The van der Waals surface area contributed by atoms with Crippen molar-refractivity contribution in [3.8, 4) is 5.75 Å². The Morgan fingerprint density at radius 1 is 1.25 bits per heavy atom. The average Bonchev–Trinajstić information content (AvgIpc) is 2.45. The molecule has 0 saturated heterocycles. The standard InChI is InChI=1S/C14H13BrClFN2O/c15-12-3-1-2-11(14(12)17)13(19-18)8-20-10-6-4-9(16)5-7-10/h1-7,13,19H,8,18H2. The summed E-state index contributed by atoms with van der Waals surface area (Å²) in [6.07, 6.45) is 0. The van der Waals surface area contributed by atoms with Crippen LogP contribution in [0.5, 0.6) is 5.75 Å². The van der Waals surface area contributed by atoms with Gasteiger partial charge in [-0.15, -0.1) is 0 Å². The Morgan fingerprint density at radius 2 is 1.95 bits per heavy atom. The van der Waals surface area contributed by atoms with Crippen LogP contribution < -0.4 is 16.0 Å². The normalized spacial score (nSPS) is 12.2. The van der Waals surface area contributed by atoms with E-state index in [1.807, 2.05) is 0 Å². The third-order valence-corrected chi connectivity index (χ3v) is 3.65. The summed E-state index contributed by atoms with van der Waals surface area (Å²) in [6.45, 7) is 0.200. The van der Waals surface area contributed by atoms with E-state index >= 15 is 0 Å². The van der Waals surface area contributed by atoms with Crippen LogP contribution in [0.2, 0.25) is 5.02 Å². The van der Waals surface area contributed by atoms with Crippen LogP contribution >= 0.6 is 27.5 Å². The van der Waals surface area contributed by atoms with Crippen LogP contribution in [0.25, 0.3) is 0 Å². The van der Waals surface area contributed by atoms with Gasteiger partial charge in [0, 0.05) is 10.6 Å². The van der Waals surface area contributed by atoms with E-state index in [0.29, 0.717) is 20.8 Å². The Balaban J connectivity index is 2.09. The van der Waals surface area contributed by atoms with Gasteiger partial charge in [0.1, 0.15) is 18.2 Å². The molecule has 2 aromatic carbocycles. The Bertz CT molecular complexity index is 580. The van der Waals surface area contributed by atoms with Gasteiger partial charge in [-0.3, -0.25) is 5.84 Å². The van der Waals surface area contributed by atoms with Crippen molar-refractivity contribution in [2.75, 3.05) is 6.61 Å². The highest BCUT2D eigenvalue weighted by Crippen LogP contribution is 2.24. The molecule has 2 rings (SSSR count). The van der Waals surface area contributed by atoms with E-state index in [0.717, 1.165) is 0 Å². The summed E-state index contributed by atoms with van der Waals surface area (Å²) in [5, 5.41) is 0.629. The highest BCUT2D eigenvalue weighted by atomic mass is 79.9. The summed E-state index contributed by atoms with van der Waals surface area (Å²) < 4.78 is 20.0. The van der Waals surface area contributed by atoms with E-state index in [9.17, 15) is 4.39 Å². The fourth-order valence-electron chi connectivity index (χ4n) is 1.73. The smallest absolute Gasteiger partial charge is 0.142 e. The van der Waals surface area contributed by atoms with E-state index in [1.165, 1.54) is 0 Å². The van der Waals surface area contributed by atoms with Crippen molar-refractivity contribution < 1.29 is 9.13 Å². The van der Waals surface area contributed by atoms with Gasteiger partial charge in [-0.2, -0.15) is 0 Å². The van der Waals surface area contributed by atoms with Crippen LogP contribution in [0.15, 0.2) is 46.9 Å². The molecule has 2 aromatic rings. The van der Waals surface area contributed by atoms with Crippen LogP contribution in [0.1, 0.15) is 11.6 Å². The lowest BCUT2D eigenvalue weighted by Crippen LogP contribution is -2.33. The van der Waals surface area contributed by atoms with Crippen molar-refractivity contribution in [1.82, 2.24) is 5.43 Å². The number of ether oxygens (including phenoxy) is 1. The first kappa shape index (κ1) is 15.3. The van der Waals surface area contributed by atoms with Gasteiger partial charge in [0.2, 0.25) is 0 Å². The van der Waals surface area contributed by atoms with Crippen molar-refractivity contribution in [3.63, 3.8) is 0 Å². The lowest BCUT2D eigenvalue weighted by atomic mass is 10.1. The zero-order valence-electron chi connectivity index (χ0n) is 10.4. The number of nitrogens with one attached hydrogen (secondary N) is 1. The van der Waals surface area contributed by atoms with Crippen LogP contribution in [-0.4, -0.2) is 6.61 Å². The molecule has 3 N–H and O–H groups in total. The van der Waals surface area contributed by atoms with Gasteiger partial charge in [-0.1, -0.05) is 23.7 Å². The molecular formula is C14H13BrClFN2O. The van der Waals surface area contributed by atoms with Gasteiger partial charge in [-0.25, -0.2) is 9.82 Å². The molecule has 0 radical (unpaired) electrons. The SMILES string of the molecule is NNC(COc1ccc(Cl)cc1)c1cccc(Br)c1F. The summed E-state index contributed by atoms with van der Waals surface area (Å²) in [7, 11) is 0. The third-order valence-electron chi connectivity index (χ3n) is 2.79. The largest absolute Gasteiger partial charge is 0.492 e. The number of hydrazine groups is 1. The maximum absolute atomic E-state index is 14.0. The van der Waals surface area contributed by atoms with Gasteiger partial charge >= 0.3 is 0 Å². The minimum absolute atomic E-state index is 0.200. The van der Waals surface area contributed by atoms with Crippen molar-refractivity contribution in [2.45, 2.75) is 6.04 Å². The number of hydrogen-bond acceptors (Lipinski definition) is 3. The molecular weight excluding hydrogens is 347 g/mol. The second-order valence-electron chi connectivity index (χ2n) is 4.13. The van der Waals surface area contributed by atoms with Crippen molar-refractivity contribution in [3.05, 3.63) is 63.3 Å². The molecule has 0 spiro atoms. The first-order valence-electron chi connectivity index (χ1n) is 5.90. The summed E-state index contributed by atoms with van der Waals surface area (Å²) >= 11 is 8.94. The van der Waals surface area contributed by atoms with Gasteiger partial charge < -0.3 is 4.74 Å². The second kappa shape index (κ2) is 7.04. The molecule has 0 aliphatic carbocycles. The fourth-order valence-corrected chi connectivity index (χ4v) is 2.24. The maximum atomic E-state index is 14.0. The highest BCUT2D eigenvalue weighted by Gasteiger charge is 2.16. The number of halogens is 3. The molecule has 3 nitrogen and oxygen atoms in total. The highest BCUT2D eigenvalue weighted by molar-refractivity contribution is 9.10. The Labute approximate surface area is 130 Å². The first-order valence-corrected chi connectivity index (χ1v) is 7.07. The molecule has 0 aromatic heterocycles. The monoisotopic (exact) mass is 358 g/mol. The molecule has 0 saturated carbocycles. The molecule has 0 aliphatic heterocycles. The minimum Gasteiger partial charge on any atom is -0.492 e. The molecule has 0 bridgehead atoms. The van der Waals surface area contributed by atoms with Gasteiger partial charge in [0.25, 0.3) is 0 Å². The Kier molecular flexibility index (Phi) is 5.37. The predicted octanol–water partition coefficient (Wildman–Crippen LogP) is 3.83. The van der Waals surface area contributed by atoms with Crippen molar-refractivity contribution >= 4 is 27.5 Å². The third kappa shape index (κ3) is 3.70. The Hall–Kier alpha value is -1.14. The number of hydrogen-bond donors (Lipinski definition) is 2. The van der Waals surface area contributed by atoms with E-state index < -0.39 is 6.04 Å². The lowest BCUT2D eigenvalue weighted by Gasteiger charge is -2.18. The van der Waals surface area contributed by atoms with E-state index in [-0.39, 0.29) is 12.4 Å². The molecule has 20 heavy (non-hydrogen) atoms. The first-order chi connectivity index (χ1) is 9.61. The molecule has 0 amide bonds. The molecule has 0 fully saturated rings. The van der Waals surface area contributed by atoms with E-state index in [2.05, 4.69) is 21.4 Å². The maximum Gasteiger partial charge on any atom is 0.142 e. The van der Waals surface area contributed by atoms with Gasteiger partial charge in [0.05, 0.1) is 10.5 Å².